The fraction of sp³-hybridized carbons (Fsp3) is 0.286. The first kappa shape index (κ1) is 20.2. The third kappa shape index (κ3) is 5.25. The number of hydrogen-bond acceptors (Lipinski definition) is 6. The lowest BCUT2D eigenvalue weighted by Gasteiger charge is -2.16. The molecule has 0 spiro atoms. The summed E-state index contributed by atoms with van der Waals surface area (Å²) in [7, 11) is 2.89. The molecule has 1 saturated carbocycles. The van der Waals surface area contributed by atoms with Crippen molar-refractivity contribution in [2.24, 2.45) is 5.92 Å². The first-order valence-electron chi connectivity index (χ1n) is 9.10. The summed E-state index contributed by atoms with van der Waals surface area (Å²) in [4.78, 5) is 36.1. The number of esters is 1. The maximum absolute atomic E-state index is 12.4. The molecule has 0 radical (unpaired) electrons. The first-order chi connectivity index (χ1) is 14.0. The highest BCUT2D eigenvalue weighted by Gasteiger charge is 2.31. The monoisotopic (exact) mass is 398 g/mol. The Morgan fingerprint density at radius 1 is 0.931 bits per heavy atom. The first-order valence-corrected chi connectivity index (χ1v) is 9.10. The van der Waals surface area contributed by atoms with Crippen molar-refractivity contribution in [1.82, 2.24) is 0 Å². The van der Waals surface area contributed by atoms with Crippen LogP contribution in [0, 0.1) is 5.92 Å². The molecule has 0 heterocycles. The van der Waals surface area contributed by atoms with E-state index in [0.717, 1.165) is 12.8 Å². The second-order valence-electron chi connectivity index (χ2n) is 6.50. The van der Waals surface area contributed by atoms with Crippen molar-refractivity contribution in [3.8, 4) is 11.5 Å². The predicted molar refractivity (Wildman–Crippen MR) is 106 cm³/mol. The largest absolute Gasteiger partial charge is 0.494 e. The summed E-state index contributed by atoms with van der Waals surface area (Å²) in [6.45, 7) is -0.382. The molecule has 0 bridgehead atoms. The Labute approximate surface area is 168 Å². The zero-order valence-electron chi connectivity index (χ0n) is 16.2. The molecular formula is C21H22N2O6. The zero-order chi connectivity index (χ0) is 20.8. The van der Waals surface area contributed by atoms with E-state index in [2.05, 4.69) is 10.6 Å². The van der Waals surface area contributed by atoms with Crippen LogP contribution in [-0.4, -0.2) is 38.6 Å². The number of anilines is 2. The normalized spacial score (nSPS) is 12.6. The van der Waals surface area contributed by atoms with Gasteiger partial charge in [0.2, 0.25) is 0 Å². The lowest BCUT2D eigenvalue weighted by Crippen LogP contribution is -2.22. The molecule has 1 fully saturated rings. The van der Waals surface area contributed by atoms with Crippen LogP contribution in [0.3, 0.4) is 0 Å². The maximum Gasteiger partial charge on any atom is 0.309 e. The Balaban J connectivity index is 1.72. The molecule has 0 unspecified atom stereocenters. The van der Waals surface area contributed by atoms with E-state index in [1.165, 1.54) is 20.3 Å². The van der Waals surface area contributed by atoms with Crippen LogP contribution in [0.4, 0.5) is 11.4 Å². The lowest BCUT2D eigenvalue weighted by atomic mass is 10.2. The van der Waals surface area contributed by atoms with Crippen molar-refractivity contribution in [1.29, 1.82) is 0 Å². The Kier molecular flexibility index (Phi) is 6.33. The number of amides is 2. The summed E-state index contributed by atoms with van der Waals surface area (Å²) in [5.41, 5.74) is 1.20. The van der Waals surface area contributed by atoms with Gasteiger partial charge in [-0.2, -0.15) is 0 Å². The minimum absolute atomic E-state index is 0.0788. The average Bonchev–Trinajstić information content (AvgIpc) is 3.58. The number of methoxy groups -OCH3 is 2. The van der Waals surface area contributed by atoms with Crippen molar-refractivity contribution >= 4 is 29.2 Å². The van der Waals surface area contributed by atoms with Gasteiger partial charge < -0.3 is 24.8 Å². The predicted octanol–water partition coefficient (Wildman–Crippen LogP) is 2.85. The minimum atomic E-state index is -0.500. The van der Waals surface area contributed by atoms with Gasteiger partial charge in [-0.15, -0.1) is 0 Å². The Bertz CT molecular complexity index is 909. The third-order valence-corrected chi connectivity index (χ3v) is 4.34. The summed E-state index contributed by atoms with van der Waals surface area (Å²) in [5.74, 6) is -0.597. The highest BCUT2D eigenvalue weighted by atomic mass is 16.5. The maximum atomic E-state index is 12.4. The topological polar surface area (TPSA) is 103 Å². The van der Waals surface area contributed by atoms with Gasteiger partial charge in [0.25, 0.3) is 11.8 Å². The molecule has 8 heteroatoms. The molecule has 2 N–H and O–H groups in total. The summed E-state index contributed by atoms with van der Waals surface area (Å²) in [6, 6.07) is 11.8. The standard InChI is InChI=1S/C21H22N2O6/c1-27-17-11-16(23-20(25)13-6-4-3-5-7-13)18(28-2)10-15(17)22-19(24)12-29-21(26)14-8-9-14/h3-7,10-11,14H,8-9,12H2,1-2H3,(H,22,24)(H,23,25). The van der Waals surface area contributed by atoms with Gasteiger partial charge in [-0.05, 0) is 25.0 Å². The van der Waals surface area contributed by atoms with Gasteiger partial charge in [0.05, 0.1) is 31.5 Å². The van der Waals surface area contributed by atoms with Crippen molar-refractivity contribution in [2.45, 2.75) is 12.8 Å². The molecule has 2 aromatic carbocycles. The van der Waals surface area contributed by atoms with Gasteiger partial charge in [0.15, 0.2) is 6.61 Å². The van der Waals surface area contributed by atoms with E-state index < -0.39 is 5.91 Å². The third-order valence-electron chi connectivity index (χ3n) is 4.34. The molecule has 3 rings (SSSR count). The van der Waals surface area contributed by atoms with Crippen LogP contribution in [0.2, 0.25) is 0 Å². The highest BCUT2D eigenvalue weighted by Crippen LogP contribution is 2.36. The summed E-state index contributed by atoms with van der Waals surface area (Å²) in [6.07, 6.45) is 1.61. The SMILES string of the molecule is COc1cc(NC(=O)c2ccccc2)c(OC)cc1NC(=O)COC(=O)C1CC1. The van der Waals surface area contributed by atoms with Crippen molar-refractivity contribution < 1.29 is 28.6 Å². The van der Waals surface area contributed by atoms with E-state index in [9.17, 15) is 14.4 Å². The quantitative estimate of drug-likeness (QED) is 0.663. The smallest absolute Gasteiger partial charge is 0.309 e. The Hall–Kier alpha value is -3.55. The number of rotatable bonds is 8. The van der Waals surface area contributed by atoms with Crippen LogP contribution >= 0.6 is 0 Å². The second kappa shape index (κ2) is 9.09. The van der Waals surface area contributed by atoms with Crippen LogP contribution in [0.25, 0.3) is 0 Å². The lowest BCUT2D eigenvalue weighted by molar-refractivity contribution is -0.148. The fourth-order valence-corrected chi connectivity index (χ4v) is 2.64. The van der Waals surface area contributed by atoms with Gasteiger partial charge >= 0.3 is 5.97 Å². The average molecular weight is 398 g/mol. The number of benzene rings is 2. The summed E-state index contributed by atoms with van der Waals surface area (Å²) in [5, 5.41) is 5.40. The minimum Gasteiger partial charge on any atom is -0.494 e. The van der Waals surface area contributed by atoms with Gasteiger partial charge in [-0.3, -0.25) is 14.4 Å². The Morgan fingerprint density at radius 2 is 1.52 bits per heavy atom. The van der Waals surface area contributed by atoms with Crippen molar-refractivity contribution in [3.63, 3.8) is 0 Å². The molecule has 0 saturated heterocycles. The van der Waals surface area contributed by atoms with E-state index in [0.29, 0.717) is 28.4 Å². The molecule has 29 heavy (non-hydrogen) atoms. The molecule has 2 aromatic rings. The van der Waals surface area contributed by atoms with Crippen LogP contribution in [0.1, 0.15) is 23.2 Å². The van der Waals surface area contributed by atoms with E-state index in [4.69, 9.17) is 14.2 Å². The summed E-state index contributed by atoms with van der Waals surface area (Å²) >= 11 is 0. The molecule has 8 nitrogen and oxygen atoms in total. The van der Waals surface area contributed by atoms with E-state index >= 15 is 0 Å². The zero-order valence-corrected chi connectivity index (χ0v) is 16.2. The number of carbonyl (C=O) groups excluding carboxylic acids is 3. The molecule has 152 valence electrons. The molecule has 0 atom stereocenters. The van der Waals surface area contributed by atoms with Crippen LogP contribution < -0.4 is 20.1 Å². The van der Waals surface area contributed by atoms with Gasteiger partial charge in [-0.25, -0.2) is 0 Å². The van der Waals surface area contributed by atoms with E-state index in [1.54, 1.807) is 30.3 Å². The van der Waals surface area contributed by atoms with Crippen molar-refractivity contribution in [2.75, 3.05) is 31.5 Å². The summed E-state index contributed by atoms with van der Waals surface area (Å²) < 4.78 is 15.6. The van der Waals surface area contributed by atoms with E-state index in [-0.39, 0.29) is 24.4 Å². The molecule has 1 aliphatic carbocycles. The van der Waals surface area contributed by atoms with E-state index in [1.807, 2.05) is 6.07 Å². The molecule has 2 amide bonds. The van der Waals surface area contributed by atoms with Crippen molar-refractivity contribution in [3.05, 3.63) is 48.0 Å². The molecule has 0 aromatic heterocycles. The van der Waals surface area contributed by atoms with Gasteiger partial charge in [0, 0.05) is 17.7 Å². The van der Waals surface area contributed by atoms with Crippen LogP contribution in [0.15, 0.2) is 42.5 Å². The highest BCUT2D eigenvalue weighted by molar-refractivity contribution is 6.05. The Morgan fingerprint density at radius 3 is 2.07 bits per heavy atom. The van der Waals surface area contributed by atoms with Gasteiger partial charge in [-0.1, -0.05) is 18.2 Å². The van der Waals surface area contributed by atoms with Gasteiger partial charge in [0.1, 0.15) is 11.5 Å². The fourth-order valence-electron chi connectivity index (χ4n) is 2.64. The number of ether oxygens (including phenoxy) is 3. The number of nitrogens with one attached hydrogen (secondary N) is 2. The number of hydrogen-bond donors (Lipinski definition) is 2. The van der Waals surface area contributed by atoms with Crippen LogP contribution in [-0.2, 0) is 14.3 Å². The molecule has 1 aliphatic rings. The molecule has 0 aliphatic heterocycles. The second-order valence-corrected chi connectivity index (χ2v) is 6.50. The molecular weight excluding hydrogens is 376 g/mol. The number of carbonyl (C=O) groups is 3. The van der Waals surface area contributed by atoms with Crippen LogP contribution in [0.5, 0.6) is 11.5 Å².